The summed E-state index contributed by atoms with van der Waals surface area (Å²) in [4.78, 5) is 14.2. The summed E-state index contributed by atoms with van der Waals surface area (Å²) in [5.41, 5.74) is 2.40. The number of aryl methyl sites for hydroxylation is 1. The van der Waals surface area contributed by atoms with Gasteiger partial charge in [0, 0.05) is 50.7 Å². The standard InChI is InChI=1S/C22H34N6OS/c1-5-20-25-22(30-26-20)28-13-11-27(12-14-28)21(23-6-2)24-15-18-7-9-19(10-8-18)16-29-17(3)4/h7-10,17H,5-6,11-16H2,1-4H3,(H,23,24). The van der Waals surface area contributed by atoms with Gasteiger partial charge >= 0.3 is 0 Å². The van der Waals surface area contributed by atoms with Gasteiger partial charge in [0.1, 0.15) is 5.82 Å². The number of rotatable bonds is 8. The molecule has 164 valence electrons. The van der Waals surface area contributed by atoms with Gasteiger partial charge in [-0.15, -0.1) is 0 Å². The fourth-order valence-electron chi connectivity index (χ4n) is 3.22. The zero-order valence-electron chi connectivity index (χ0n) is 18.6. The van der Waals surface area contributed by atoms with Gasteiger partial charge in [-0.1, -0.05) is 31.2 Å². The molecule has 7 nitrogen and oxygen atoms in total. The highest BCUT2D eigenvalue weighted by atomic mass is 32.1. The van der Waals surface area contributed by atoms with E-state index in [1.807, 2.05) is 0 Å². The maximum absolute atomic E-state index is 5.67. The monoisotopic (exact) mass is 430 g/mol. The van der Waals surface area contributed by atoms with Crippen molar-refractivity contribution < 1.29 is 4.74 Å². The Morgan fingerprint density at radius 3 is 2.43 bits per heavy atom. The molecule has 1 fully saturated rings. The summed E-state index contributed by atoms with van der Waals surface area (Å²) in [5, 5.41) is 4.48. The molecule has 3 rings (SSSR count). The van der Waals surface area contributed by atoms with Crippen molar-refractivity contribution >= 4 is 22.6 Å². The van der Waals surface area contributed by atoms with E-state index in [0.29, 0.717) is 13.2 Å². The van der Waals surface area contributed by atoms with Gasteiger partial charge < -0.3 is 19.9 Å². The smallest absolute Gasteiger partial charge is 0.205 e. The highest BCUT2D eigenvalue weighted by Crippen LogP contribution is 2.19. The van der Waals surface area contributed by atoms with Gasteiger partial charge in [-0.3, -0.25) is 0 Å². The number of nitrogens with zero attached hydrogens (tertiary/aromatic N) is 5. The molecular weight excluding hydrogens is 396 g/mol. The normalized spacial score (nSPS) is 15.2. The maximum Gasteiger partial charge on any atom is 0.205 e. The lowest BCUT2D eigenvalue weighted by Gasteiger charge is -2.36. The van der Waals surface area contributed by atoms with E-state index in [1.54, 1.807) is 0 Å². The van der Waals surface area contributed by atoms with Crippen molar-refractivity contribution in [3.05, 3.63) is 41.2 Å². The van der Waals surface area contributed by atoms with Gasteiger partial charge in [-0.2, -0.15) is 4.37 Å². The van der Waals surface area contributed by atoms with Crippen molar-refractivity contribution in [3.8, 4) is 0 Å². The molecule has 30 heavy (non-hydrogen) atoms. The van der Waals surface area contributed by atoms with Crippen molar-refractivity contribution in [2.45, 2.75) is 53.4 Å². The second kappa shape index (κ2) is 11.3. The Labute approximate surface area is 184 Å². The molecule has 1 aliphatic rings. The number of hydrogen-bond acceptors (Lipinski definition) is 6. The summed E-state index contributed by atoms with van der Waals surface area (Å²) in [6.07, 6.45) is 1.14. The fraction of sp³-hybridized carbons (Fsp3) is 0.591. The first-order valence-corrected chi connectivity index (χ1v) is 11.7. The third kappa shape index (κ3) is 6.40. The molecule has 1 N–H and O–H groups in total. The molecule has 1 aliphatic heterocycles. The van der Waals surface area contributed by atoms with Crippen LogP contribution in [0.25, 0.3) is 0 Å². The van der Waals surface area contributed by atoms with Crippen molar-refractivity contribution in [2.75, 3.05) is 37.6 Å². The summed E-state index contributed by atoms with van der Waals surface area (Å²) in [6.45, 7) is 14.2. The number of hydrogen-bond donors (Lipinski definition) is 1. The molecule has 0 unspecified atom stereocenters. The first kappa shape index (κ1) is 22.5. The van der Waals surface area contributed by atoms with E-state index in [9.17, 15) is 0 Å². The van der Waals surface area contributed by atoms with Gasteiger partial charge in [0.25, 0.3) is 0 Å². The Morgan fingerprint density at radius 2 is 1.83 bits per heavy atom. The highest BCUT2D eigenvalue weighted by Gasteiger charge is 2.22. The third-order valence-electron chi connectivity index (χ3n) is 4.98. The van der Waals surface area contributed by atoms with E-state index in [4.69, 9.17) is 9.73 Å². The minimum Gasteiger partial charge on any atom is -0.374 e. The van der Waals surface area contributed by atoms with E-state index in [0.717, 1.165) is 56.1 Å². The average Bonchev–Trinajstić information content (AvgIpc) is 3.25. The average molecular weight is 431 g/mol. The topological polar surface area (TPSA) is 65.9 Å². The number of aliphatic imine (C=N–C) groups is 1. The molecular formula is C22H34N6OS. The van der Waals surface area contributed by atoms with E-state index in [1.165, 1.54) is 22.7 Å². The number of piperazine rings is 1. The molecule has 2 aromatic rings. The van der Waals surface area contributed by atoms with Crippen molar-refractivity contribution in [3.63, 3.8) is 0 Å². The number of guanidine groups is 1. The van der Waals surface area contributed by atoms with Crippen LogP contribution in [0, 0.1) is 0 Å². The maximum atomic E-state index is 5.67. The lowest BCUT2D eigenvalue weighted by atomic mass is 10.1. The lowest BCUT2D eigenvalue weighted by molar-refractivity contribution is 0.0657. The summed E-state index contributed by atoms with van der Waals surface area (Å²) >= 11 is 1.51. The van der Waals surface area contributed by atoms with Crippen LogP contribution in [-0.4, -0.2) is 59.0 Å². The number of ether oxygens (including phenoxy) is 1. The minimum atomic E-state index is 0.248. The first-order valence-electron chi connectivity index (χ1n) is 10.9. The van der Waals surface area contributed by atoms with Crippen molar-refractivity contribution in [1.82, 2.24) is 19.6 Å². The molecule has 1 aromatic carbocycles. The van der Waals surface area contributed by atoms with Gasteiger partial charge in [0.2, 0.25) is 5.13 Å². The van der Waals surface area contributed by atoms with Crippen LogP contribution >= 0.6 is 11.5 Å². The van der Waals surface area contributed by atoms with E-state index >= 15 is 0 Å². The molecule has 1 aromatic heterocycles. The Hall–Kier alpha value is -2.19. The van der Waals surface area contributed by atoms with Gasteiger partial charge in [-0.25, -0.2) is 9.98 Å². The SMILES string of the molecule is CCNC(=NCc1ccc(COC(C)C)cc1)N1CCN(c2nc(CC)ns2)CC1. The summed E-state index contributed by atoms with van der Waals surface area (Å²) in [7, 11) is 0. The van der Waals surface area contributed by atoms with Gasteiger partial charge in [0.05, 0.1) is 19.3 Å². The van der Waals surface area contributed by atoms with E-state index in [-0.39, 0.29) is 6.10 Å². The summed E-state index contributed by atoms with van der Waals surface area (Å²) in [6, 6.07) is 8.55. The highest BCUT2D eigenvalue weighted by molar-refractivity contribution is 7.09. The second-order valence-electron chi connectivity index (χ2n) is 7.67. The van der Waals surface area contributed by atoms with Gasteiger partial charge in [0.15, 0.2) is 5.96 Å². The Kier molecular flexibility index (Phi) is 8.45. The molecule has 0 saturated carbocycles. The van der Waals surface area contributed by atoms with Gasteiger partial charge in [-0.05, 0) is 31.9 Å². The molecule has 0 atom stereocenters. The molecule has 2 heterocycles. The summed E-state index contributed by atoms with van der Waals surface area (Å²) in [5.74, 6) is 1.92. The van der Waals surface area contributed by atoms with Crippen molar-refractivity contribution in [1.29, 1.82) is 0 Å². The molecule has 0 spiro atoms. The molecule has 0 bridgehead atoms. The molecule has 0 radical (unpaired) electrons. The number of aromatic nitrogens is 2. The van der Waals surface area contributed by atoms with Crippen LogP contribution in [0.1, 0.15) is 44.6 Å². The number of anilines is 1. The second-order valence-corrected chi connectivity index (χ2v) is 8.40. The number of nitrogens with one attached hydrogen (secondary N) is 1. The van der Waals surface area contributed by atoms with E-state index < -0.39 is 0 Å². The predicted molar refractivity (Wildman–Crippen MR) is 124 cm³/mol. The van der Waals surface area contributed by atoms with Crippen LogP contribution in [0.15, 0.2) is 29.3 Å². The third-order valence-corrected chi connectivity index (χ3v) is 5.79. The van der Waals surface area contributed by atoms with Crippen LogP contribution in [-0.2, 0) is 24.3 Å². The van der Waals surface area contributed by atoms with E-state index in [2.05, 4.69) is 76.4 Å². The predicted octanol–water partition coefficient (Wildman–Crippen LogP) is 3.31. The quantitative estimate of drug-likeness (QED) is 0.512. The number of benzene rings is 1. The first-order chi connectivity index (χ1) is 14.6. The zero-order chi connectivity index (χ0) is 21.3. The Bertz CT molecular complexity index is 796. The van der Waals surface area contributed by atoms with Crippen molar-refractivity contribution in [2.24, 2.45) is 4.99 Å². The fourth-order valence-corrected chi connectivity index (χ4v) is 4.02. The van der Waals surface area contributed by atoms with Crippen LogP contribution in [0.2, 0.25) is 0 Å². The van der Waals surface area contributed by atoms with Crippen LogP contribution in [0.4, 0.5) is 5.13 Å². The summed E-state index contributed by atoms with van der Waals surface area (Å²) < 4.78 is 10.1. The Balaban J connectivity index is 1.55. The lowest BCUT2D eigenvalue weighted by Crippen LogP contribution is -2.52. The molecule has 0 amide bonds. The Morgan fingerprint density at radius 1 is 1.13 bits per heavy atom. The van der Waals surface area contributed by atoms with Crippen LogP contribution in [0.3, 0.4) is 0 Å². The zero-order valence-corrected chi connectivity index (χ0v) is 19.4. The minimum absolute atomic E-state index is 0.248. The van der Waals surface area contributed by atoms with Crippen LogP contribution in [0.5, 0.6) is 0 Å². The molecule has 1 saturated heterocycles. The molecule has 8 heteroatoms. The largest absolute Gasteiger partial charge is 0.374 e. The molecule has 0 aliphatic carbocycles. The van der Waals surface area contributed by atoms with Crippen LogP contribution < -0.4 is 10.2 Å².